The van der Waals surface area contributed by atoms with Crippen LogP contribution in [-0.2, 0) is 4.79 Å². The fourth-order valence-electron chi connectivity index (χ4n) is 3.67. The number of allylic oxidation sites excluding steroid dienone is 5. The summed E-state index contributed by atoms with van der Waals surface area (Å²) < 4.78 is 5.60. The van der Waals surface area contributed by atoms with Gasteiger partial charge in [0.25, 0.3) is 0 Å². The number of aryl methyl sites for hydroxylation is 1. The molecule has 0 unspecified atom stereocenters. The van der Waals surface area contributed by atoms with Gasteiger partial charge in [-0.2, -0.15) is 0 Å². The Morgan fingerprint density at radius 1 is 1.11 bits per heavy atom. The van der Waals surface area contributed by atoms with E-state index in [9.17, 15) is 4.79 Å². The lowest BCUT2D eigenvalue weighted by molar-refractivity contribution is -0.110. The van der Waals surface area contributed by atoms with Crippen molar-refractivity contribution in [3.05, 3.63) is 58.3 Å². The van der Waals surface area contributed by atoms with E-state index in [1.54, 1.807) is 0 Å². The van der Waals surface area contributed by atoms with E-state index in [1.165, 1.54) is 0 Å². The first-order valence-electron chi connectivity index (χ1n) is 9.30. The second-order valence-electron chi connectivity index (χ2n) is 7.04. The van der Waals surface area contributed by atoms with Crippen molar-refractivity contribution in [3.8, 4) is 5.75 Å². The summed E-state index contributed by atoms with van der Waals surface area (Å²) in [5.74, 6) is 1.47. The van der Waals surface area contributed by atoms with Crippen LogP contribution in [0, 0.1) is 6.92 Å². The van der Waals surface area contributed by atoms with Gasteiger partial charge in [-0.05, 0) is 49.9 Å². The lowest BCUT2D eigenvalue weighted by Gasteiger charge is -2.24. The van der Waals surface area contributed by atoms with Crippen LogP contribution in [0.4, 0.5) is 0 Å². The second kappa shape index (κ2) is 6.65. The van der Waals surface area contributed by atoms with E-state index >= 15 is 0 Å². The minimum Gasteiger partial charge on any atom is -0.494 e. The third-order valence-electron chi connectivity index (χ3n) is 4.94. The summed E-state index contributed by atoms with van der Waals surface area (Å²) in [7, 11) is 3.83. The molecule has 2 aliphatic carbocycles. The van der Waals surface area contributed by atoms with Crippen LogP contribution in [0.15, 0.2) is 57.2 Å². The maximum absolute atomic E-state index is 13.4. The van der Waals surface area contributed by atoms with Crippen molar-refractivity contribution in [3.63, 3.8) is 0 Å². The summed E-state index contributed by atoms with van der Waals surface area (Å²) in [6, 6.07) is 5.84. The SMILES string of the molecule is CCOc1ccc(C2=C3N=C(N(C)C)N=C3C3=CCCC=C3C2=O)c(C)c1. The number of hydrogen-bond donors (Lipinski definition) is 0. The summed E-state index contributed by atoms with van der Waals surface area (Å²) >= 11 is 0. The monoisotopic (exact) mass is 361 g/mol. The molecule has 3 aliphatic rings. The number of hydrogen-bond acceptors (Lipinski definition) is 5. The summed E-state index contributed by atoms with van der Waals surface area (Å²) in [5, 5.41) is 0. The Morgan fingerprint density at radius 2 is 1.85 bits per heavy atom. The van der Waals surface area contributed by atoms with Gasteiger partial charge in [0.2, 0.25) is 5.96 Å². The van der Waals surface area contributed by atoms with Gasteiger partial charge in [-0.25, -0.2) is 9.98 Å². The van der Waals surface area contributed by atoms with Crippen LogP contribution >= 0.6 is 0 Å². The smallest absolute Gasteiger partial charge is 0.226 e. The van der Waals surface area contributed by atoms with Crippen molar-refractivity contribution in [1.82, 2.24) is 4.90 Å². The highest BCUT2D eigenvalue weighted by Crippen LogP contribution is 2.40. The molecule has 5 nitrogen and oxygen atoms in total. The third-order valence-corrected chi connectivity index (χ3v) is 4.94. The Bertz CT molecular complexity index is 991. The summed E-state index contributed by atoms with van der Waals surface area (Å²) in [5.41, 5.74) is 5.69. The van der Waals surface area contributed by atoms with Crippen molar-refractivity contribution in [2.75, 3.05) is 20.7 Å². The highest BCUT2D eigenvalue weighted by molar-refractivity contribution is 6.45. The van der Waals surface area contributed by atoms with Crippen LogP contribution < -0.4 is 4.74 Å². The van der Waals surface area contributed by atoms with Crippen LogP contribution in [0.25, 0.3) is 5.57 Å². The maximum Gasteiger partial charge on any atom is 0.226 e. The molecule has 0 saturated carbocycles. The molecule has 0 aromatic heterocycles. The number of benzene rings is 1. The van der Waals surface area contributed by atoms with Gasteiger partial charge in [0.15, 0.2) is 5.78 Å². The standard InChI is InChI=1S/C22H23N3O2/c1-5-27-14-10-11-15(13(2)12-14)18-20-19(23-22(24-20)25(3)4)16-8-6-7-9-17(16)21(18)26/h8-12H,5-7H2,1-4H3. The van der Waals surface area contributed by atoms with Crippen LogP contribution in [0.1, 0.15) is 30.9 Å². The highest BCUT2D eigenvalue weighted by Gasteiger charge is 2.38. The minimum absolute atomic E-state index is 0.0333. The summed E-state index contributed by atoms with van der Waals surface area (Å²) in [4.78, 5) is 24.7. The van der Waals surface area contributed by atoms with Gasteiger partial charge in [-0.15, -0.1) is 0 Å². The van der Waals surface area contributed by atoms with E-state index < -0.39 is 0 Å². The first-order valence-corrected chi connectivity index (χ1v) is 9.30. The zero-order valence-corrected chi connectivity index (χ0v) is 16.2. The van der Waals surface area contributed by atoms with Crippen LogP contribution in [0.2, 0.25) is 0 Å². The van der Waals surface area contributed by atoms with E-state index in [2.05, 4.69) is 6.08 Å². The fourth-order valence-corrected chi connectivity index (χ4v) is 3.67. The number of rotatable bonds is 3. The number of ether oxygens (including phenoxy) is 1. The topological polar surface area (TPSA) is 54.3 Å². The van der Waals surface area contributed by atoms with Crippen LogP contribution in [-0.4, -0.2) is 43.1 Å². The first kappa shape index (κ1) is 17.5. The average molecular weight is 361 g/mol. The molecule has 1 aromatic carbocycles. The van der Waals surface area contributed by atoms with Crippen molar-refractivity contribution in [1.29, 1.82) is 0 Å². The van der Waals surface area contributed by atoms with Gasteiger partial charge < -0.3 is 9.64 Å². The van der Waals surface area contributed by atoms with E-state index in [4.69, 9.17) is 14.7 Å². The van der Waals surface area contributed by atoms with Crippen molar-refractivity contribution in [2.45, 2.75) is 26.7 Å². The Kier molecular flexibility index (Phi) is 4.30. The molecule has 138 valence electrons. The molecule has 1 aliphatic heterocycles. The molecule has 0 radical (unpaired) electrons. The van der Waals surface area contributed by atoms with E-state index in [0.717, 1.165) is 46.6 Å². The van der Waals surface area contributed by atoms with Gasteiger partial charge in [0.05, 0.1) is 12.2 Å². The lowest BCUT2D eigenvalue weighted by atomic mass is 9.78. The van der Waals surface area contributed by atoms with E-state index in [1.807, 2.05) is 57.1 Å². The van der Waals surface area contributed by atoms with E-state index in [-0.39, 0.29) is 5.78 Å². The number of aliphatic imine (C=N–C) groups is 2. The summed E-state index contributed by atoms with van der Waals surface area (Å²) in [6.07, 6.45) is 5.95. The average Bonchev–Trinajstić information content (AvgIpc) is 3.09. The minimum atomic E-state index is 0.0333. The van der Waals surface area contributed by atoms with Gasteiger partial charge in [0, 0.05) is 25.2 Å². The molecular formula is C22H23N3O2. The number of carbonyl (C=O) groups excluding carboxylic acids is 1. The molecule has 4 rings (SSSR count). The number of guanidine groups is 1. The molecule has 0 atom stereocenters. The number of carbonyl (C=O) groups is 1. The molecular weight excluding hydrogens is 338 g/mol. The molecule has 0 N–H and O–H groups in total. The molecule has 27 heavy (non-hydrogen) atoms. The first-order chi connectivity index (χ1) is 13.0. The number of nitrogens with zero attached hydrogens (tertiary/aromatic N) is 3. The molecule has 1 heterocycles. The third kappa shape index (κ3) is 2.83. The van der Waals surface area contributed by atoms with E-state index in [0.29, 0.717) is 23.8 Å². The zero-order valence-electron chi connectivity index (χ0n) is 16.2. The molecule has 1 aromatic rings. The fraction of sp³-hybridized carbons (Fsp3) is 0.318. The highest BCUT2D eigenvalue weighted by atomic mass is 16.5. The normalized spacial score (nSPS) is 18.3. The quantitative estimate of drug-likeness (QED) is 0.825. The van der Waals surface area contributed by atoms with Gasteiger partial charge in [-0.3, -0.25) is 4.79 Å². The van der Waals surface area contributed by atoms with Gasteiger partial charge in [-0.1, -0.05) is 18.2 Å². The molecule has 0 fully saturated rings. The van der Waals surface area contributed by atoms with Crippen LogP contribution in [0.5, 0.6) is 5.75 Å². The Morgan fingerprint density at radius 3 is 2.52 bits per heavy atom. The lowest BCUT2D eigenvalue weighted by Crippen LogP contribution is -2.24. The zero-order chi connectivity index (χ0) is 19.1. The van der Waals surface area contributed by atoms with Crippen molar-refractivity contribution < 1.29 is 9.53 Å². The number of ketones is 1. The largest absolute Gasteiger partial charge is 0.494 e. The second-order valence-corrected chi connectivity index (χ2v) is 7.04. The van der Waals surface area contributed by atoms with Crippen molar-refractivity contribution >= 4 is 23.0 Å². The number of fused-ring (bicyclic) bond motifs is 3. The van der Waals surface area contributed by atoms with Crippen LogP contribution in [0.3, 0.4) is 0 Å². The van der Waals surface area contributed by atoms with Crippen molar-refractivity contribution in [2.24, 2.45) is 9.98 Å². The Labute approximate surface area is 159 Å². The predicted octanol–water partition coefficient (Wildman–Crippen LogP) is 3.71. The number of Topliss-reactive ketones (excluding diaryl/α,β-unsaturated/α-hetero) is 1. The Balaban J connectivity index is 1.93. The molecule has 0 saturated heterocycles. The molecule has 5 heteroatoms. The maximum atomic E-state index is 13.4. The Hall–Kier alpha value is -2.95. The van der Waals surface area contributed by atoms with Gasteiger partial charge in [0.1, 0.15) is 17.2 Å². The molecule has 0 amide bonds. The molecule has 0 bridgehead atoms. The van der Waals surface area contributed by atoms with Gasteiger partial charge >= 0.3 is 0 Å². The predicted molar refractivity (Wildman–Crippen MR) is 108 cm³/mol. The summed E-state index contributed by atoms with van der Waals surface area (Å²) in [6.45, 7) is 4.57. The molecule has 0 spiro atoms.